The van der Waals surface area contributed by atoms with E-state index in [9.17, 15) is 14.7 Å². The second kappa shape index (κ2) is 5.04. The van der Waals surface area contributed by atoms with Gasteiger partial charge < -0.3 is 15.7 Å². The van der Waals surface area contributed by atoms with E-state index in [1.165, 1.54) is 0 Å². The van der Waals surface area contributed by atoms with E-state index < -0.39 is 11.5 Å². The van der Waals surface area contributed by atoms with E-state index in [4.69, 9.17) is 0 Å². The SMILES string of the molecule is O=C(NC1(C(=O)O)CCCCC1)[C@H]1CCCN1. The summed E-state index contributed by atoms with van der Waals surface area (Å²) >= 11 is 0. The van der Waals surface area contributed by atoms with E-state index >= 15 is 0 Å². The molecule has 1 saturated heterocycles. The highest BCUT2D eigenvalue weighted by atomic mass is 16.4. The van der Waals surface area contributed by atoms with Gasteiger partial charge in [0.2, 0.25) is 5.91 Å². The van der Waals surface area contributed by atoms with Gasteiger partial charge in [0.15, 0.2) is 0 Å². The summed E-state index contributed by atoms with van der Waals surface area (Å²) in [5.41, 5.74) is -1.01. The van der Waals surface area contributed by atoms with Gasteiger partial charge >= 0.3 is 5.97 Å². The molecule has 2 rings (SSSR count). The van der Waals surface area contributed by atoms with Crippen molar-refractivity contribution in [3.8, 4) is 0 Å². The number of carbonyl (C=O) groups is 2. The Labute approximate surface area is 101 Å². The Hall–Kier alpha value is -1.10. The van der Waals surface area contributed by atoms with Crippen molar-refractivity contribution < 1.29 is 14.7 Å². The Bertz CT molecular complexity index is 305. The summed E-state index contributed by atoms with van der Waals surface area (Å²) < 4.78 is 0. The highest BCUT2D eigenvalue weighted by Crippen LogP contribution is 2.28. The van der Waals surface area contributed by atoms with E-state index in [0.717, 1.165) is 38.6 Å². The Morgan fingerprint density at radius 1 is 1.18 bits per heavy atom. The molecule has 1 saturated carbocycles. The largest absolute Gasteiger partial charge is 0.480 e. The van der Waals surface area contributed by atoms with E-state index in [-0.39, 0.29) is 11.9 Å². The first-order chi connectivity index (χ1) is 8.14. The molecule has 1 amide bonds. The zero-order valence-electron chi connectivity index (χ0n) is 10.00. The van der Waals surface area contributed by atoms with E-state index in [1.807, 2.05) is 0 Å². The number of carboxylic acid groups (broad SMARTS) is 1. The maximum absolute atomic E-state index is 12.0. The Kier molecular flexibility index (Phi) is 3.66. The molecule has 0 spiro atoms. The quantitative estimate of drug-likeness (QED) is 0.676. The fraction of sp³-hybridized carbons (Fsp3) is 0.833. The van der Waals surface area contributed by atoms with Crippen molar-refractivity contribution >= 4 is 11.9 Å². The normalized spacial score (nSPS) is 27.6. The van der Waals surface area contributed by atoms with Gasteiger partial charge in [0.05, 0.1) is 6.04 Å². The third-order valence-electron chi connectivity index (χ3n) is 3.86. The number of rotatable bonds is 3. The van der Waals surface area contributed by atoms with Crippen LogP contribution in [0.2, 0.25) is 0 Å². The summed E-state index contributed by atoms with van der Waals surface area (Å²) in [4.78, 5) is 23.4. The average Bonchev–Trinajstić information content (AvgIpc) is 2.83. The molecular weight excluding hydrogens is 220 g/mol. The van der Waals surface area contributed by atoms with Crippen LogP contribution in [0.15, 0.2) is 0 Å². The van der Waals surface area contributed by atoms with Crippen molar-refractivity contribution in [1.82, 2.24) is 10.6 Å². The van der Waals surface area contributed by atoms with Gasteiger partial charge in [0.25, 0.3) is 0 Å². The maximum atomic E-state index is 12.0. The zero-order chi connectivity index (χ0) is 12.3. The minimum atomic E-state index is -1.01. The number of aliphatic carboxylic acids is 1. The fourth-order valence-electron chi connectivity index (χ4n) is 2.78. The monoisotopic (exact) mass is 240 g/mol. The van der Waals surface area contributed by atoms with Crippen molar-refractivity contribution in [3.63, 3.8) is 0 Å². The lowest BCUT2D eigenvalue weighted by Crippen LogP contribution is -2.58. The van der Waals surface area contributed by atoms with Crippen molar-refractivity contribution in [3.05, 3.63) is 0 Å². The van der Waals surface area contributed by atoms with Crippen molar-refractivity contribution in [2.75, 3.05) is 6.54 Å². The van der Waals surface area contributed by atoms with Crippen LogP contribution < -0.4 is 10.6 Å². The molecule has 3 N–H and O–H groups in total. The summed E-state index contributed by atoms with van der Waals surface area (Å²) in [6, 6.07) is -0.201. The smallest absolute Gasteiger partial charge is 0.329 e. The molecule has 2 fully saturated rings. The number of carboxylic acids is 1. The molecule has 96 valence electrons. The molecule has 0 unspecified atom stereocenters. The second-order valence-corrected chi connectivity index (χ2v) is 5.09. The van der Waals surface area contributed by atoms with Gasteiger partial charge in [-0.1, -0.05) is 19.3 Å². The van der Waals surface area contributed by atoms with Gasteiger partial charge in [-0.05, 0) is 32.2 Å². The fourth-order valence-corrected chi connectivity index (χ4v) is 2.78. The molecule has 1 atom stereocenters. The Balaban J connectivity index is 2.01. The number of hydrogen-bond donors (Lipinski definition) is 3. The van der Waals surface area contributed by atoms with Crippen LogP contribution in [0, 0.1) is 0 Å². The first-order valence-electron chi connectivity index (χ1n) is 6.43. The zero-order valence-corrected chi connectivity index (χ0v) is 10.00. The van der Waals surface area contributed by atoms with Gasteiger partial charge in [0.1, 0.15) is 5.54 Å². The number of carbonyl (C=O) groups excluding carboxylic acids is 1. The van der Waals surface area contributed by atoms with Crippen molar-refractivity contribution in [1.29, 1.82) is 0 Å². The predicted octanol–water partition coefficient (Wildman–Crippen LogP) is 0.642. The highest BCUT2D eigenvalue weighted by molar-refractivity contribution is 5.89. The third-order valence-corrected chi connectivity index (χ3v) is 3.86. The molecule has 17 heavy (non-hydrogen) atoms. The van der Waals surface area contributed by atoms with Crippen molar-refractivity contribution in [2.24, 2.45) is 0 Å². The standard InChI is InChI=1S/C12H20N2O3/c15-10(9-5-4-8-13-9)14-12(11(16)17)6-2-1-3-7-12/h9,13H,1-8H2,(H,14,15)(H,16,17)/t9-/m1/s1. The van der Waals surface area contributed by atoms with Crippen LogP contribution in [0.5, 0.6) is 0 Å². The summed E-state index contributed by atoms with van der Waals surface area (Å²) in [5, 5.41) is 15.2. The van der Waals surface area contributed by atoms with Crippen LogP contribution in [0.25, 0.3) is 0 Å². The Morgan fingerprint density at radius 3 is 2.41 bits per heavy atom. The van der Waals surface area contributed by atoms with Gasteiger partial charge in [-0.2, -0.15) is 0 Å². The first-order valence-corrected chi connectivity index (χ1v) is 6.43. The molecule has 5 heteroatoms. The molecule has 2 aliphatic rings. The van der Waals surface area contributed by atoms with Crippen molar-refractivity contribution in [2.45, 2.75) is 56.5 Å². The molecule has 5 nitrogen and oxygen atoms in total. The third kappa shape index (κ3) is 2.60. The van der Waals surface area contributed by atoms with E-state index in [1.54, 1.807) is 0 Å². The van der Waals surface area contributed by atoms with E-state index in [0.29, 0.717) is 12.8 Å². The molecule has 0 radical (unpaired) electrons. The summed E-state index contributed by atoms with van der Waals surface area (Å²) in [6.07, 6.45) is 5.73. The summed E-state index contributed by atoms with van der Waals surface area (Å²) in [6.45, 7) is 0.845. The predicted molar refractivity (Wildman–Crippen MR) is 62.6 cm³/mol. The maximum Gasteiger partial charge on any atom is 0.329 e. The summed E-state index contributed by atoms with van der Waals surface area (Å²) in [5.74, 6) is -1.03. The van der Waals surface area contributed by atoms with Crippen LogP contribution in [0.3, 0.4) is 0 Å². The topological polar surface area (TPSA) is 78.4 Å². The molecular formula is C12H20N2O3. The average molecular weight is 240 g/mol. The lowest BCUT2D eigenvalue weighted by Gasteiger charge is -2.34. The van der Waals surface area contributed by atoms with Crippen LogP contribution in [-0.2, 0) is 9.59 Å². The molecule has 0 bridgehead atoms. The molecule has 0 aromatic heterocycles. The molecule has 0 aromatic carbocycles. The van der Waals surface area contributed by atoms with Crippen LogP contribution in [0.4, 0.5) is 0 Å². The lowest BCUT2D eigenvalue weighted by atomic mass is 9.81. The van der Waals surface area contributed by atoms with Gasteiger partial charge in [-0.15, -0.1) is 0 Å². The number of amides is 1. The molecule has 0 aromatic rings. The first kappa shape index (κ1) is 12.4. The summed E-state index contributed by atoms with van der Waals surface area (Å²) in [7, 11) is 0. The number of nitrogens with one attached hydrogen (secondary N) is 2. The van der Waals surface area contributed by atoms with Gasteiger partial charge in [0, 0.05) is 0 Å². The molecule has 1 aliphatic carbocycles. The van der Waals surface area contributed by atoms with Gasteiger partial charge in [-0.3, -0.25) is 4.79 Å². The molecule has 1 heterocycles. The molecule has 1 aliphatic heterocycles. The Morgan fingerprint density at radius 2 is 1.88 bits per heavy atom. The van der Waals surface area contributed by atoms with E-state index in [2.05, 4.69) is 10.6 Å². The van der Waals surface area contributed by atoms with Gasteiger partial charge in [-0.25, -0.2) is 4.79 Å². The highest BCUT2D eigenvalue weighted by Gasteiger charge is 2.42. The van der Waals surface area contributed by atoms with Crippen LogP contribution >= 0.6 is 0 Å². The second-order valence-electron chi connectivity index (χ2n) is 5.09. The number of hydrogen-bond acceptors (Lipinski definition) is 3. The van der Waals surface area contributed by atoms with Crippen LogP contribution in [0.1, 0.15) is 44.9 Å². The minimum Gasteiger partial charge on any atom is -0.480 e. The lowest BCUT2D eigenvalue weighted by molar-refractivity contribution is -0.149. The van der Waals surface area contributed by atoms with Crippen LogP contribution in [-0.4, -0.2) is 35.1 Å². The minimum absolute atomic E-state index is 0.146.